The first-order valence-electron chi connectivity index (χ1n) is 7.91. The van der Waals surface area contributed by atoms with Gasteiger partial charge in [0.05, 0.1) is 12.2 Å². The molecule has 8 heteroatoms. The third-order valence-corrected chi connectivity index (χ3v) is 4.66. The van der Waals surface area contributed by atoms with Crippen molar-refractivity contribution in [3.63, 3.8) is 0 Å². The van der Waals surface area contributed by atoms with Gasteiger partial charge in [0, 0.05) is 17.6 Å². The molecule has 7 nitrogen and oxygen atoms in total. The molecule has 0 saturated heterocycles. The molecule has 0 bridgehead atoms. The van der Waals surface area contributed by atoms with Crippen molar-refractivity contribution in [3.05, 3.63) is 45.8 Å². The van der Waals surface area contributed by atoms with Crippen LogP contribution in [0.3, 0.4) is 0 Å². The summed E-state index contributed by atoms with van der Waals surface area (Å²) >= 11 is 1.71. The zero-order valence-electron chi connectivity index (χ0n) is 14.1. The van der Waals surface area contributed by atoms with E-state index < -0.39 is 0 Å². The molecule has 3 aromatic rings. The minimum Gasteiger partial charge on any atom is -0.357 e. The second-order valence-corrected chi connectivity index (χ2v) is 6.63. The number of hydrogen-bond donors (Lipinski definition) is 2. The fourth-order valence-electron chi connectivity index (χ4n) is 2.26. The highest BCUT2D eigenvalue weighted by molar-refractivity contribution is 7.11. The highest BCUT2D eigenvalue weighted by Crippen LogP contribution is 2.15. The Morgan fingerprint density at radius 2 is 2.12 bits per heavy atom. The SMILES string of the molecule is CCNC(=NCc1nnc2ccccn12)NCc1nc(C)c(C)s1. The molecule has 126 valence electrons. The first-order valence-corrected chi connectivity index (χ1v) is 8.72. The number of pyridine rings is 1. The van der Waals surface area contributed by atoms with Gasteiger partial charge in [-0.1, -0.05) is 6.07 Å². The molecule has 3 heterocycles. The van der Waals surface area contributed by atoms with Gasteiger partial charge in [0.2, 0.25) is 0 Å². The van der Waals surface area contributed by atoms with Crippen molar-refractivity contribution in [2.24, 2.45) is 4.99 Å². The summed E-state index contributed by atoms with van der Waals surface area (Å²) in [6, 6.07) is 5.83. The van der Waals surface area contributed by atoms with Crippen LogP contribution in [0.4, 0.5) is 0 Å². The summed E-state index contributed by atoms with van der Waals surface area (Å²) in [4.78, 5) is 10.4. The van der Waals surface area contributed by atoms with Gasteiger partial charge in [-0.05, 0) is 32.9 Å². The Hall–Kier alpha value is -2.48. The van der Waals surface area contributed by atoms with E-state index in [0.29, 0.717) is 13.1 Å². The van der Waals surface area contributed by atoms with Gasteiger partial charge >= 0.3 is 0 Å². The molecule has 0 amide bonds. The number of aliphatic imine (C=N–C) groups is 1. The topological polar surface area (TPSA) is 79.5 Å². The maximum atomic E-state index is 4.60. The zero-order valence-corrected chi connectivity index (χ0v) is 14.9. The fourth-order valence-corrected chi connectivity index (χ4v) is 3.14. The molecule has 0 aliphatic carbocycles. The third kappa shape index (κ3) is 3.70. The molecule has 0 aliphatic rings. The van der Waals surface area contributed by atoms with Crippen molar-refractivity contribution in [2.45, 2.75) is 33.9 Å². The Balaban J connectivity index is 1.69. The highest BCUT2D eigenvalue weighted by atomic mass is 32.1. The number of aryl methyl sites for hydroxylation is 2. The molecule has 0 radical (unpaired) electrons. The van der Waals surface area contributed by atoms with Crippen LogP contribution < -0.4 is 10.6 Å². The Morgan fingerprint density at radius 1 is 1.25 bits per heavy atom. The van der Waals surface area contributed by atoms with Gasteiger partial charge in [-0.3, -0.25) is 4.40 Å². The van der Waals surface area contributed by atoms with Gasteiger partial charge in [-0.2, -0.15) is 0 Å². The summed E-state index contributed by atoms with van der Waals surface area (Å²) in [6.45, 7) is 8.07. The van der Waals surface area contributed by atoms with E-state index >= 15 is 0 Å². The maximum absolute atomic E-state index is 4.60. The minimum absolute atomic E-state index is 0.455. The van der Waals surface area contributed by atoms with Crippen LogP contribution in [0, 0.1) is 13.8 Å². The zero-order chi connectivity index (χ0) is 16.9. The second kappa shape index (κ2) is 7.39. The van der Waals surface area contributed by atoms with Crippen molar-refractivity contribution < 1.29 is 0 Å². The second-order valence-electron chi connectivity index (χ2n) is 5.34. The molecule has 2 N–H and O–H groups in total. The van der Waals surface area contributed by atoms with Gasteiger partial charge in [-0.15, -0.1) is 21.5 Å². The van der Waals surface area contributed by atoms with Crippen molar-refractivity contribution in [1.82, 2.24) is 30.2 Å². The Labute approximate surface area is 144 Å². The van der Waals surface area contributed by atoms with E-state index in [1.807, 2.05) is 42.6 Å². The van der Waals surface area contributed by atoms with E-state index in [1.165, 1.54) is 4.88 Å². The number of thiazole rings is 1. The molecule has 24 heavy (non-hydrogen) atoms. The highest BCUT2D eigenvalue weighted by Gasteiger charge is 2.06. The molecule has 0 fully saturated rings. The van der Waals surface area contributed by atoms with Crippen LogP contribution in [-0.2, 0) is 13.1 Å². The lowest BCUT2D eigenvalue weighted by Gasteiger charge is -2.09. The molecule has 0 aliphatic heterocycles. The summed E-state index contributed by atoms with van der Waals surface area (Å²) in [7, 11) is 0. The van der Waals surface area contributed by atoms with Crippen LogP contribution in [-0.4, -0.2) is 32.1 Å². The van der Waals surface area contributed by atoms with Crippen LogP contribution in [0.5, 0.6) is 0 Å². The number of hydrogen-bond acceptors (Lipinski definition) is 5. The van der Waals surface area contributed by atoms with Gasteiger partial charge in [0.1, 0.15) is 11.6 Å². The number of aromatic nitrogens is 4. The lowest BCUT2D eigenvalue weighted by Crippen LogP contribution is -2.36. The quantitative estimate of drug-likeness (QED) is 0.547. The van der Waals surface area contributed by atoms with E-state index in [0.717, 1.165) is 34.7 Å². The number of rotatable bonds is 5. The van der Waals surface area contributed by atoms with E-state index in [4.69, 9.17) is 0 Å². The predicted molar refractivity (Wildman–Crippen MR) is 96.2 cm³/mol. The van der Waals surface area contributed by atoms with E-state index in [9.17, 15) is 0 Å². The first kappa shape index (κ1) is 16.4. The molecule has 3 rings (SSSR count). The molecule has 0 aromatic carbocycles. The smallest absolute Gasteiger partial charge is 0.192 e. The van der Waals surface area contributed by atoms with Crippen LogP contribution in [0.1, 0.15) is 28.3 Å². The van der Waals surface area contributed by atoms with Crippen molar-refractivity contribution >= 4 is 22.9 Å². The first-order chi connectivity index (χ1) is 11.7. The van der Waals surface area contributed by atoms with E-state index in [2.05, 4.69) is 37.7 Å². The van der Waals surface area contributed by atoms with E-state index in [1.54, 1.807) is 11.3 Å². The summed E-state index contributed by atoms with van der Waals surface area (Å²) in [6.07, 6.45) is 1.95. The molecule has 0 unspecified atom stereocenters. The van der Waals surface area contributed by atoms with Crippen molar-refractivity contribution in [1.29, 1.82) is 0 Å². The van der Waals surface area contributed by atoms with Crippen LogP contribution in [0.2, 0.25) is 0 Å². The molecular formula is C16H21N7S. The fraction of sp³-hybridized carbons (Fsp3) is 0.375. The Kier molecular flexibility index (Phi) is 5.05. The van der Waals surface area contributed by atoms with Crippen molar-refractivity contribution in [2.75, 3.05) is 6.54 Å². The molecule has 0 atom stereocenters. The lowest BCUT2D eigenvalue weighted by molar-refractivity contribution is 0.794. The van der Waals surface area contributed by atoms with Gasteiger partial charge < -0.3 is 10.6 Å². The standard InChI is InChI=1S/C16H21N7S/c1-4-17-16(19-10-15-20-11(2)12(3)24-15)18-9-14-22-21-13-7-5-6-8-23(13)14/h5-8H,4,9-10H2,1-3H3,(H2,17,18,19). The van der Waals surface area contributed by atoms with Gasteiger partial charge in [0.15, 0.2) is 17.4 Å². The average molecular weight is 343 g/mol. The van der Waals surface area contributed by atoms with Gasteiger partial charge in [-0.25, -0.2) is 9.98 Å². The van der Waals surface area contributed by atoms with Crippen LogP contribution in [0.15, 0.2) is 29.4 Å². The van der Waals surface area contributed by atoms with Crippen LogP contribution >= 0.6 is 11.3 Å². The molecular weight excluding hydrogens is 322 g/mol. The van der Waals surface area contributed by atoms with Gasteiger partial charge in [0.25, 0.3) is 0 Å². The van der Waals surface area contributed by atoms with Crippen molar-refractivity contribution in [3.8, 4) is 0 Å². The predicted octanol–water partition coefficient (Wildman–Crippen LogP) is 2.06. The maximum Gasteiger partial charge on any atom is 0.192 e. The summed E-state index contributed by atoms with van der Waals surface area (Å²) < 4.78 is 1.95. The third-order valence-electron chi connectivity index (χ3n) is 3.59. The van der Waals surface area contributed by atoms with Crippen LogP contribution in [0.25, 0.3) is 5.65 Å². The summed E-state index contributed by atoms with van der Waals surface area (Å²) in [5, 5.41) is 16.0. The number of guanidine groups is 1. The molecule has 0 spiro atoms. The summed E-state index contributed by atoms with van der Waals surface area (Å²) in [5.74, 6) is 1.56. The largest absolute Gasteiger partial charge is 0.357 e. The number of nitrogens with zero attached hydrogens (tertiary/aromatic N) is 5. The normalized spacial score (nSPS) is 11.9. The molecule has 3 aromatic heterocycles. The number of fused-ring (bicyclic) bond motifs is 1. The Bertz CT molecular complexity index is 830. The number of nitrogens with one attached hydrogen (secondary N) is 2. The van der Waals surface area contributed by atoms with E-state index in [-0.39, 0.29) is 0 Å². The minimum atomic E-state index is 0.455. The lowest BCUT2D eigenvalue weighted by atomic mass is 10.4. The molecule has 0 saturated carbocycles. The monoisotopic (exact) mass is 343 g/mol. The average Bonchev–Trinajstić information content (AvgIpc) is 3.14. The Morgan fingerprint density at radius 3 is 2.88 bits per heavy atom. The summed E-state index contributed by atoms with van der Waals surface area (Å²) in [5.41, 5.74) is 1.92.